The number of nitrogen functional groups attached to an aromatic ring is 1. The van der Waals surface area contributed by atoms with Crippen LogP contribution in [0.3, 0.4) is 0 Å². The third-order valence-electron chi connectivity index (χ3n) is 3.89. The summed E-state index contributed by atoms with van der Waals surface area (Å²) in [6.45, 7) is 0.468. The van der Waals surface area contributed by atoms with Crippen molar-refractivity contribution < 1.29 is 4.74 Å². The number of aromatic nitrogens is 2. The van der Waals surface area contributed by atoms with E-state index in [1.165, 1.54) is 32.1 Å². The Hall–Kier alpha value is -1.49. The highest BCUT2D eigenvalue weighted by Gasteiger charge is 2.16. The molecule has 0 spiro atoms. The van der Waals surface area contributed by atoms with Crippen molar-refractivity contribution in [2.24, 2.45) is 0 Å². The zero-order chi connectivity index (χ0) is 14.7. The van der Waals surface area contributed by atoms with E-state index in [1.807, 2.05) is 24.3 Å². The van der Waals surface area contributed by atoms with E-state index in [1.54, 1.807) is 0 Å². The number of benzene rings is 1. The van der Waals surface area contributed by atoms with Gasteiger partial charge in [-0.1, -0.05) is 35.2 Å². The highest BCUT2D eigenvalue weighted by molar-refractivity contribution is 9.10. The number of hydrogen-bond donors (Lipinski definition) is 1. The number of hydrogen-bond acceptors (Lipinski definition) is 3. The van der Waals surface area contributed by atoms with Gasteiger partial charge in [0.25, 0.3) is 0 Å². The largest absolute Gasteiger partial charge is 0.487 e. The summed E-state index contributed by atoms with van der Waals surface area (Å²) in [7, 11) is 0. The maximum Gasteiger partial charge on any atom is 0.132 e. The molecular weight excluding hydrogens is 330 g/mol. The van der Waals surface area contributed by atoms with E-state index in [4.69, 9.17) is 10.5 Å². The first kappa shape index (κ1) is 14.4. The van der Waals surface area contributed by atoms with Crippen LogP contribution in [-0.2, 0) is 6.61 Å². The molecule has 4 nitrogen and oxygen atoms in total. The zero-order valence-corrected chi connectivity index (χ0v) is 13.6. The molecule has 0 atom stereocenters. The Morgan fingerprint density at radius 3 is 2.81 bits per heavy atom. The highest BCUT2D eigenvalue weighted by atomic mass is 79.9. The average molecular weight is 350 g/mol. The number of nitrogens with zero attached hydrogens (tertiary/aromatic N) is 2. The van der Waals surface area contributed by atoms with Gasteiger partial charge in [-0.15, -0.1) is 0 Å². The van der Waals surface area contributed by atoms with E-state index < -0.39 is 0 Å². The second-order valence-corrected chi connectivity index (χ2v) is 6.50. The van der Waals surface area contributed by atoms with Crippen molar-refractivity contribution in [1.82, 2.24) is 9.78 Å². The fourth-order valence-corrected chi connectivity index (χ4v) is 3.32. The third-order valence-corrected chi connectivity index (χ3v) is 4.35. The standard InChI is InChI=1S/C16H20BrN3O/c17-12-8-13(18)10-16(9-12)21-11-14-6-7-20(19-14)15-4-2-1-3-5-15/h6-10,15H,1-5,11,18H2. The first-order valence-electron chi connectivity index (χ1n) is 7.43. The molecule has 0 unspecified atom stereocenters. The number of halogens is 1. The normalized spacial score (nSPS) is 16.0. The molecule has 0 saturated heterocycles. The Labute approximate surface area is 133 Å². The zero-order valence-electron chi connectivity index (χ0n) is 12.0. The monoisotopic (exact) mass is 349 g/mol. The molecule has 0 aliphatic heterocycles. The molecule has 0 amide bonds. The lowest BCUT2D eigenvalue weighted by Crippen LogP contribution is -2.13. The Balaban J connectivity index is 1.61. The predicted octanol–water partition coefficient (Wildman–Crippen LogP) is 4.31. The Bertz CT molecular complexity index is 585. The van der Waals surface area contributed by atoms with Gasteiger partial charge in [0, 0.05) is 22.4 Å². The molecule has 2 N–H and O–H groups in total. The summed E-state index contributed by atoms with van der Waals surface area (Å²) >= 11 is 3.42. The van der Waals surface area contributed by atoms with Crippen LogP contribution >= 0.6 is 15.9 Å². The van der Waals surface area contributed by atoms with Crippen molar-refractivity contribution in [2.45, 2.75) is 44.8 Å². The summed E-state index contributed by atoms with van der Waals surface area (Å²) in [6, 6.07) is 8.19. The summed E-state index contributed by atoms with van der Waals surface area (Å²) in [5.74, 6) is 0.758. The third kappa shape index (κ3) is 3.79. The van der Waals surface area contributed by atoms with Crippen LogP contribution in [0.2, 0.25) is 0 Å². The predicted molar refractivity (Wildman–Crippen MR) is 87.2 cm³/mol. The van der Waals surface area contributed by atoms with Crippen molar-refractivity contribution >= 4 is 21.6 Å². The van der Waals surface area contributed by atoms with E-state index in [-0.39, 0.29) is 0 Å². The maximum atomic E-state index is 5.80. The fourth-order valence-electron chi connectivity index (χ4n) is 2.83. The molecule has 21 heavy (non-hydrogen) atoms. The molecule has 1 saturated carbocycles. The summed E-state index contributed by atoms with van der Waals surface area (Å²) in [4.78, 5) is 0. The van der Waals surface area contributed by atoms with Crippen LogP contribution < -0.4 is 10.5 Å². The topological polar surface area (TPSA) is 53.1 Å². The lowest BCUT2D eigenvalue weighted by Gasteiger charge is -2.21. The number of rotatable bonds is 4. The molecule has 1 aliphatic carbocycles. The van der Waals surface area contributed by atoms with Gasteiger partial charge in [0.05, 0.1) is 11.7 Å². The first-order valence-corrected chi connectivity index (χ1v) is 8.23. The lowest BCUT2D eigenvalue weighted by molar-refractivity contribution is 0.291. The van der Waals surface area contributed by atoms with Gasteiger partial charge < -0.3 is 10.5 Å². The van der Waals surface area contributed by atoms with Crippen LogP contribution in [0.25, 0.3) is 0 Å². The van der Waals surface area contributed by atoms with Crippen molar-refractivity contribution in [3.05, 3.63) is 40.6 Å². The van der Waals surface area contributed by atoms with Gasteiger partial charge in [0.2, 0.25) is 0 Å². The van der Waals surface area contributed by atoms with E-state index in [0.29, 0.717) is 18.3 Å². The van der Waals surface area contributed by atoms with Crippen molar-refractivity contribution in [2.75, 3.05) is 5.73 Å². The molecule has 1 heterocycles. The van der Waals surface area contributed by atoms with E-state index in [0.717, 1.165) is 15.9 Å². The second-order valence-electron chi connectivity index (χ2n) is 5.59. The van der Waals surface area contributed by atoms with Gasteiger partial charge in [-0.3, -0.25) is 4.68 Å². The van der Waals surface area contributed by atoms with Crippen molar-refractivity contribution in [1.29, 1.82) is 0 Å². The Morgan fingerprint density at radius 2 is 2.05 bits per heavy atom. The van der Waals surface area contributed by atoms with Crippen LogP contribution in [0.1, 0.15) is 43.8 Å². The summed E-state index contributed by atoms with van der Waals surface area (Å²) in [5.41, 5.74) is 7.44. The molecule has 1 aromatic carbocycles. The molecule has 2 aromatic rings. The van der Waals surface area contributed by atoms with Gasteiger partial charge in [-0.2, -0.15) is 5.10 Å². The van der Waals surface area contributed by atoms with Gasteiger partial charge in [-0.25, -0.2) is 0 Å². The molecule has 3 rings (SSSR count). The molecule has 1 aliphatic rings. The van der Waals surface area contributed by atoms with Crippen LogP contribution in [0, 0.1) is 0 Å². The smallest absolute Gasteiger partial charge is 0.132 e. The van der Waals surface area contributed by atoms with Gasteiger partial charge in [-0.05, 0) is 31.0 Å². The summed E-state index contributed by atoms with van der Waals surface area (Å²) < 4.78 is 8.79. The van der Waals surface area contributed by atoms with Crippen molar-refractivity contribution in [3.8, 4) is 5.75 Å². The number of ether oxygens (including phenoxy) is 1. The lowest BCUT2D eigenvalue weighted by atomic mass is 9.96. The minimum atomic E-state index is 0.468. The molecular formula is C16H20BrN3O. The molecule has 112 valence electrons. The minimum Gasteiger partial charge on any atom is -0.487 e. The second kappa shape index (κ2) is 6.52. The van der Waals surface area contributed by atoms with Crippen molar-refractivity contribution in [3.63, 3.8) is 0 Å². The average Bonchev–Trinajstić information content (AvgIpc) is 2.94. The Kier molecular flexibility index (Phi) is 4.48. The van der Waals surface area contributed by atoms with E-state index >= 15 is 0 Å². The van der Waals surface area contributed by atoms with Crippen LogP contribution in [-0.4, -0.2) is 9.78 Å². The number of nitrogens with two attached hydrogens (primary N) is 1. The van der Waals surface area contributed by atoms with Gasteiger partial charge in [0.15, 0.2) is 0 Å². The van der Waals surface area contributed by atoms with Crippen LogP contribution in [0.4, 0.5) is 5.69 Å². The van der Waals surface area contributed by atoms with Gasteiger partial charge in [0.1, 0.15) is 12.4 Å². The minimum absolute atomic E-state index is 0.468. The molecule has 1 aromatic heterocycles. The summed E-state index contributed by atoms with van der Waals surface area (Å²) in [5, 5.41) is 4.64. The Morgan fingerprint density at radius 1 is 1.24 bits per heavy atom. The van der Waals surface area contributed by atoms with Crippen LogP contribution in [0.15, 0.2) is 34.9 Å². The maximum absolute atomic E-state index is 5.80. The molecule has 5 heteroatoms. The van der Waals surface area contributed by atoms with E-state index in [2.05, 4.69) is 31.9 Å². The quantitative estimate of drug-likeness (QED) is 0.836. The fraction of sp³-hybridized carbons (Fsp3) is 0.438. The number of anilines is 1. The molecule has 0 bridgehead atoms. The highest BCUT2D eigenvalue weighted by Crippen LogP contribution is 2.28. The summed E-state index contributed by atoms with van der Waals surface area (Å²) in [6.07, 6.45) is 8.54. The van der Waals surface area contributed by atoms with Gasteiger partial charge >= 0.3 is 0 Å². The SMILES string of the molecule is Nc1cc(Br)cc(OCc2ccn(C3CCCCC3)n2)c1. The molecule has 1 fully saturated rings. The van der Waals surface area contributed by atoms with Crippen LogP contribution in [0.5, 0.6) is 5.75 Å². The first-order chi connectivity index (χ1) is 10.2. The van der Waals surface area contributed by atoms with E-state index in [9.17, 15) is 0 Å². The molecule has 0 radical (unpaired) electrons.